The number of rotatable bonds is 4. The molecule has 0 radical (unpaired) electrons. The molecule has 0 aromatic carbocycles. The van der Waals surface area contributed by atoms with Gasteiger partial charge in [0.15, 0.2) is 0 Å². The van der Waals surface area contributed by atoms with E-state index in [-0.39, 0.29) is 0 Å². The van der Waals surface area contributed by atoms with Gasteiger partial charge in [-0.05, 0) is 26.2 Å². The predicted octanol–water partition coefficient (Wildman–Crippen LogP) is 3.04. The van der Waals surface area contributed by atoms with E-state index in [9.17, 15) is 0 Å². The first-order valence-corrected chi connectivity index (χ1v) is 5.65. The van der Waals surface area contributed by atoms with E-state index in [0.29, 0.717) is 5.92 Å². The largest absolute Gasteiger partial charge is 0.369 e. The molecule has 0 bridgehead atoms. The summed E-state index contributed by atoms with van der Waals surface area (Å²) in [6, 6.07) is 0. The third-order valence-corrected chi connectivity index (χ3v) is 2.42. The van der Waals surface area contributed by atoms with Crippen LogP contribution in [0.3, 0.4) is 0 Å². The standard InChI is InChI=1S/C12H21N3/c1-6-7-13-12-11(8(2)3)14-9(4)10(5)15-12/h8H,6-7H2,1-5H3,(H,13,15). The highest BCUT2D eigenvalue weighted by Crippen LogP contribution is 2.21. The van der Waals surface area contributed by atoms with Crippen molar-refractivity contribution in [1.82, 2.24) is 9.97 Å². The van der Waals surface area contributed by atoms with Gasteiger partial charge >= 0.3 is 0 Å². The van der Waals surface area contributed by atoms with Crippen LogP contribution in [0.15, 0.2) is 0 Å². The summed E-state index contributed by atoms with van der Waals surface area (Å²) >= 11 is 0. The van der Waals surface area contributed by atoms with E-state index >= 15 is 0 Å². The Morgan fingerprint density at radius 2 is 1.73 bits per heavy atom. The summed E-state index contributed by atoms with van der Waals surface area (Å²) in [7, 11) is 0. The van der Waals surface area contributed by atoms with Crippen LogP contribution in [0.1, 0.15) is 50.2 Å². The molecule has 1 aromatic rings. The maximum Gasteiger partial charge on any atom is 0.148 e. The van der Waals surface area contributed by atoms with Crippen molar-refractivity contribution in [2.45, 2.75) is 47.0 Å². The SMILES string of the molecule is CCCNc1nc(C)c(C)nc1C(C)C. The molecule has 3 nitrogen and oxygen atoms in total. The van der Waals surface area contributed by atoms with Crippen molar-refractivity contribution in [3.8, 4) is 0 Å². The molecule has 1 aromatic heterocycles. The van der Waals surface area contributed by atoms with Crippen LogP contribution < -0.4 is 5.32 Å². The Balaban J connectivity index is 3.04. The minimum atomic E-state index is 0.413. The van der Waals surface area contributed by atoms with E-state index in [1.165, 1.54) is 0 Å². The van der Waals surface area contributed by atoms with E-state index in [1.807, 2.05) is 13.8 Å². The molecule has 0 saturated carbocycles. The van der Waals surface area contributed by atoms with Crippen molar-refractivity contribution in [2.24, 2.45) is 0 Å². The summed E-state index contributed by atoms with van der Waals surface area (Å²) < 4.78 is 0. The van der Waals surface area contributed by atoms with E-state index in [1.54, 1.807) is 0 Å². The van der Waals surface area contributed by atoms with E-state index < -0.39 is 0 Å². The number of anilines is 1. The van der Waals surface area contributed by atoms with Crippen LogP contribution >= 0.6 is 0 Å². The third kappa shape index (κ3) is 2.91. The van der Waals surface area contributed by atoms with Crippen molar-refractivity contribution >= 4 is 5.82 Å². The normalized spacial score (nSPS) is 10.8. The van der Waals surface area contributed by atoms with Gasteiger partial charge in [-0.2, -0.15) is 0 Å². The molecule has 1 N–H and O–H groups in total. The van der Waals surface area contributed by atoms with Gasteiger partial charge in [-0.1, -0.05) is 20.8 Å². The van der Waals surface area contributed by atoms with Crippen LogP contribution in [-0.4, -0.2) is 16.5 Å². The first-order chi connectivity index (χ1) is 7.06. The zero-order valence-corrected chi connectivity index (χ0v) is 10.4. The van der Waals surface area contributed by atoms with Gasteiger partial charge in [0.25, 0.3) is 0 Å². The number of nitrogens with zero attached hydrogens (tertiary/aromatic N) is 2. The molecule has 0 spiro atoms. The first kappa shape index (κ1) is 12.0. The second-order valence-electron chi connectivity index (χ2n) is 4.21. The minimum absolute atomic E-state index is 0.413. The number of aryl methyl sites for hydroxylation is 2. The molecule has 0 amide bonds. The van der Waals surface area contributed by atoms with Gasteiger partial charge in [0.1, 0.15) is 5.82 Å². The monoisotopic (exact) mass is 207 g/mol. The molecule has 0 fully saturated rings. The van der Waals surface area contributed by atoms with E-state index in [2.05, 4.69) is 36.1 Å². The molecule has 15 heavy (non-hydrogen) atoms. The Labute approximate surface area is 92.3 Å². The van der Waals surface area contributed by atoms with Gasteiger partial charge in [-0.3, -0.25) is 4.98 Å². The highest BCUT2D eigenvalue weighted by atomic mass is 15.0. The number of hydrogen-bond acceptors (Lipinski definition) is 3. The lowest BCUT2D eigenvalue weighted by molar-refractivity contribution is 0.794. The molecular formula is C12H21N3. The van der Waals surface area contributed by atoms with E-state index in [4.69, 9.17) is 0 Å². The van der Waals surface area contributed by atoms with Crippen molar-refractivity contribution in [2.75, 3.05) is 11.9 Å². The quantitative estimate of drug-likeness (QED) is 0.824. The lowest BCUT2D eigenvalue weighted by Crippen LogP contribution is -2.10. The zero-order valence-electron chi connectivity index (χ0n) is 10.4. The van der Waals surface area contributed by atoms with Crippen LogP contribution in [0.2, 0.25) is 0 Å². The van der Waals surface area contributed by atoms with Crippen LogP contribution in [0, 0.1) is 13.8 Å². The van der Waals surface area contributed by atoms with Gasteiger partial charge in [0.05, 0.1) is 17.1 Å². The fourth-order valence-electron chi connectivity index (χ4n) is 1.40. The van der Waals surface area contributed by atoms with Crippen molar-refractivity contribution in [3.63, 3.8) is 0 Å². The molecule has 0 saturated heterocycles. The van der Waals surface area contributed by atoms with E-state index in [0.717, 1.165) is 35.9 Å². The Hall–Kier alpha value is -1.12. The third-order valence-electron chi connectivity index (χ3n) is 2.42. The molecule has 0 aliphatic heterocycles. The summed E-state index contributed by atoms with van der Waals surface area (Å²) in [5.41, 5.74) is 3.12. The van der Waals surface area contributed by atoms with Gasteiger partial charge < -0.3 is 5.32 Å². The summed E-state index contributed by atoms with van der Waals surface area (Å²) in [5, 5.41) is 3.34. The highest BCUT2D eigenvalue weighted by Gasteiger charge is 2.11. The molecule has 0 atom stereocenters. The lowest BCUT2D eigenvalue weighted by Gasteiger charge is -2.14. The number of nitrogens with one attached hydrogen (secondary N) is 1. The first-order valence-electron chi connectivity index (χ1n) is 5.65. The van der Waals surface area contributed by atoms with Gasteiger partial charge in [-0.25, -0.2) is 4.98 Å². The average Bonchev–Trinajstić information content (AvgIpc) is 2.19. The summed E-state index contributed by atoms with van der Waals surface area (Å²) in [6.07, 6.45) is 1.10. The average molecular weight is 207 g/mol. The molecule has 3 heteroatoms. The molecule has 0 aliphatic rings. The Morgan fingerprint density at radius 1 is 1.13 bits per heavy atom. The molecule has 1 rings (SSSR count). The molecule has 1 heterocycles. The Bertz CT molecular complexity index is 332. The second-order valence-corrected chi connectivity index (χ2v) is 4.21. The Morgan fingerprint density at radius 3 is 2.27 bits per heavy atom. The summed E-state index contributed by atoms with van der Waals surface area (Å²) in [5.74, 6) is 1.37. The van der Waals surface area contributed by atoms with Gasteiger partial charge in [0.2, 0.25) is 0 Å². The van der Waals surface area contributed by atoms with Gasteiger partial charge in [0, 0.05) is 6.54 Å². The minimum Gasteiger partial charge on any atom is -0.369 e. The van der Waals surface area contributed by atoms with Crippen LogP contribution in [0.25, 0.3) is 0 Å². The maximum absolute atomic E-state index is 4.60. The molecule has 0 aliphatic carbocycles. The zero-order chi connectivity index (χ0) is 11.4. The molecule has 84 valence electrons. The second kappa shape index (κ2) is 5.10. The smallest absolute Gasteiger partial charge is 0.148 e. The maximum atomic E-state index is 4.60. The highest BCUT2D eigenvalue weighted by molar-refractivity contribution is 5.43. The molecule has 0 unspecified atom stereocenters. The van der Waals surface area contributed by atoms with Crippen LogP contribution in [-0.2, 0) is 0 Å². The summed E-state index contributed by atoms with van der Waals surface area (Å²) in [6.45, 7) is 11.4. The topological polar surface area (TPSA) is 37.8 Å². The number of aromatic nitrogens is 2. The predicted molar refractivity (Wildman–Crippen MR) is 64.4 cm³/mol. The lowest BCUT2D eigenvalue weighted by atomic mass is 10.1. The molecular weight excluding hydrogens is 186 g/mol. The van der Waals surface area contributed by atoms with Crippen LogP contribution in [0.4, 0.5) is 5.82 Å². The fourth-order valence-corrected chi connectivity index (χ4v) is 1.40. The number of hydrogen-bond donors (Lipinski definition) is 1. The fraction of sp³-hybridized carbons (Fsp3) is 0.667. The van der Waals surface area contributed by atoms with Crippen molar-refractivity contribution in [1.29, 1.82) is 0 Å². The van der Waals surface area contributed by atoms with Crippen molar-refractivity contribution < 1.29 is 0 Å². The summed E-state index contributed by atoms with van der Waals surface area (Å²) in [4.78, 5) is 9.16. The Kier molecular flexibility index (Phi) is 4.06. The van der Waals surface area contributed by atoms with Crippen LogP contribution in [0.5, 0.6) is 0 Å². The van der Waals surface area contributed by atoms with Crippen molar-refractivity contribution in [3.05, 3.63) is 17.1 Å². The van der Waals surface area contributed by atoms with Gasteiger partial charge in [-0.15, -0.1) is 0 Å².